The Hall–Kier alpha value is -1.64. The van der Waals surface area contributed by atoms with Crippen LogP contribution in [0.2, 0.25) is 0 Å². The Morgan fingerprint density at radius 1 is 0.760 bits per heavy atom. The highest BCUT2D eigenvalue weighted by Crippen LogP contribution is 2.26. The molecule has 0 aromatic heterocycles. The molecule has 2 nitrogen and oxygen atoms in total. The molecule has 2 heteroatoms. The minimum Gasteiger partial charge on any atom is -0.327 e. The third kappa shape index (κ3) is 5.98. The van der Waals surface area contributed by atoms with Crippen LogP contribution in [-0.4, -0.2) is 30.6 Å². The molecule has 2 aromatic rings. The first kappa shape index (κ1) is 18.2. The lowest BCUT2D eigenvalue weighted by atomic mass is 10.0. The second-order valence-electron chi connectivity index (χ2n) is 7.54. The summed E-state index contributed by atoms with van der Waals surface area (Å²) in [5.41, 5.74) is 8.51. The van der Waals surface area contributed by atoms with Gasteiger partial charge in [-0.25, -0.2) is 0 Å². The molecule has 2 N–H and O–H groups in total. The molecule has 2 aromatic carbocycles. The van der Waals surface area contributed by atoms with Gasteiger partial charge in [0.05, 0.1) is 0 Å². The topological polar surface area (TPSA) is 29.3 Å². The highest BCUT2D eigenvalue weighted by Gasteiger charge is 2.22. The molecule has 4 rings (SSSR count). The summed E-state index contributed by atoms with van der Waals surface area (Å²) in [6, 6.07) is 21.2. The van der Waals surface area contributed by atoms with Crippen molar-refractivity contribution in [3.8, 4) is 11.1 Å². The first-order valence-corrected chi connectivity index (χ1v) is 9.89. The van der Waals surface area contributed by atoms with Gasteiger partial charge in [0.2, 0.25) is 0 Å². The molecular weight excluding hydrogens is 304 g/mol. The van der Waals surface area contributed by atoms with E-state index in [1.807, 2.05) is 12.1 Å². The van der Waals surface area contributed by atoms with Gasteiger partial charge in [0.25, 0.3) is 0 Å². The number of hydrogen-bond acceptors (Lipinski definition) is 2. The predicted octanol–water partition coefficient (Wildman–Crippen LogP) is 4.95. The second kappa shape index (κ2) is 9.74. The number of rotatable bonds is 3. The highest BCUT2D eigenvalue weighted by molar-refractivity contribution is 5.62. The maximum atomic E-state index is 5.96. The maximum Gasteiger partial charge on any atom is 0.0168 e. The molecule has 0 amide bonds. The van der Waals surface area contributed by atoms with Crippen LogP contribution >= 0.6 is 0 Å². The molecule has 134 valence electrons. The van der Waals surface area contributed by atoms with Gasteiger partial charge in [-0.3, -0.25) is 0 Å². The molecule has 1 atom stereocenters. The quantitative estimate of drug-likeness (QED) is 0.859. The van der Waals surface area contributed by atoms with Crippen molar-refractivity contribution in [1.29, 1.82) is 0 Å². The minimum atomic E-state index is 0.454. The first-order valence-electron chi connectivity index (χ1n) is 9.89. The van der Waals surface area contributed by atoms with Crippen molar-refractivity contribution in [3.05, 3.63) is 60.7 Å². The van der Waals surface area contributed by atoms with E-state index in [1.165, 1.54) is 62.7 Å². The number of likely N-dealkylation sites (tertiary alicyclic amines) is 1. The van der Waals surface area contributed by atoms with Gasteiger partial charge in [0.1, 0.15) is 0 Å². The third-order valence-electron chi connectivity index (χ3n) is 5.41. The average Bonchev–Trinajstić information content (AvgIpc) is 3.17. The van der Waals surface area contributed by atoms with E-state index in [2.05, 4.69) is 53.4 Å². The van der Waals surface area contributed by atoms with E-state index in [4.69, 9.17) is 5.73 Å². The lowest BCUT2D eigenvalue weighted by molar-refractivity contribution is 0.181. The van der Waals surface area contributed by atoms with Crippen LogP contribution in [0, 0.1) is 5.92 Å². The third-order valence-corrected chi connectivity index (χ3v) is 5.41. The summed E-state index contributed by atoms with van der Waals surface area (Å²) < 4.78 is 0. The van der Waals surface area contributed by atoms with E-state index >= 15 is 0 Å². The molecule has 0 radical (unpaired) electrons. The van der Waals surface area contributed by atoms with E-state index in [-0.39, 0.29) is 0 Å². The van der Waals surface area contributed by atoms with Crippen molar-refractivity contribution in [2.24, 2.45) is 11.7 Å². The number of hydrogen-bond donors (Lipinski definition) is 1. The Morgan fingerprint density at radius 2 is 1.32 bits per heavy atom. The summed E-state index contributed by atoms with van der Waals surface area (Å²) in [6.45, 7) is 3.77. The summed E-state index contributed by atoms with van der Waals surface area (Å²) in [6.07, 6.45) is 8.40. The van der Waals surface area contributed by atoms with Crippen LogP contribution in [0.25, 0.3) is 11.1 Å². The van der Waals surface area contributed by atoms with Gasteiger partial charge in [0.15, 0.2) is 0 Å². The Morgan fingerprint density at radius 3 is 1.84 bits per heavy atom. The molecule has 1 saturated carbocycles. The van der Waals surface area contributed by atoms with Gasteiger partial charge in [-0.15, -0.1) is 0 Å². The fourth-order valence-electron chi connectivity index (χ4n) is 4.08. The molecule has 1 aliphatic carbocycles. The molecular formula is C23H32N2. The lowest BCUT2D eigenvalue weighted by Crippen LogP contribution is -2.44. The van der Waals surface area contributed by atoms with Gasteiger partial charge in [-0.2, -0.15) is 0 Å². The lowest BCUT2D eigenvalue weighted by Gasteiger charge is -2.32. The van der Waals surface area contributed by atoms with Crippen molar-refractivity contribution < 1.29 is 0 Å². The summed E-state index contributed by atoms with van der Waals surface area (Å²) >= 11 is 0. The molecule has 1 saturated heterocycles. The Labute approximate surface area is 153 Å². The van der Waals surface area contributed by atoms with E-state index in [9.17, 15) is 0 Å². The summed E-state index contributed by atoms with van der Waals surface area (Å²) in [4.78, 5) is 2.59. The smallest absolute Gasteiger partial charge is 0.0168 e. The predicted molar refractivity (Wildman–Crippen MR) is 107 cm³/mol. The summed E-state index contributed by atoms with van der Waals surface area (Å²) in [7, 11) is 0. The number of benzene rings is 2. The van der Waals surface area contributed by atoms with E-state index in [0.29, 0.717) is 6.04 Å². The SMILES string of the molecule is NC1CCCN(CC2CCCC2)C1.c1ccc(-c2ccccc2)cc1. The van der Waals surface area contributed by atoms with Gasteiger partial charge >= 0.3 is 0 Å². The zero-order valence-corrected chi connectivity index (χ0v) is 15.3. The zero-order valence-electron chi connectivity index (χ0n) is 15.3. The van der Waals surface area contributed by atoms with Crippen LogP contribution in [0.5, 0.6) is 0 Å². The van der Waals surface area contributed by atoms with Crippen molar-refractivity contribution >= 4 is 0 Å². The molecule has 0 spiro atoms. The zero-order chi connectivity index (χ0) is 17.3. The van der Waals surface area contributed by atoms with E-state index < -0.39 is 0 Å². The number of nitrogens with zero attached hydrogens (tertiary/aromatic N) is 1. The standard InChI is InChI=1S/C12H10.C11H22N2/c1-3-7-11(8-4-1)12-9-5-2-6-10-12;12-11-6-3-7-13(9-11)8-10-4-1-2-5-10/h1-10H;10-11H,1-9,12H2. The van der Waals surface area contributed by atoms with Gasteiger partial charge in [-0.1, -0.05) is 73.5 Å². The van der Waals surface area contributed by atoms with E-state index in [1.54, 1.807) is 0 Å². The number of piperidine rings is 1. The van der Waals surface area contributed by atoms with Crippen LogP contribution in [0.3, 0.4) is 0 Å². The number of nitrogens with two attached hydrogens (primary N) is 1. The Balaban J connectivity index is 0.000000146. The fraction of sp³-hybridized carbons (Fsp3) is 0.478. The van der Waals surface area contributed by atoms with Crippen molar-refractivity contribution in [1.82, 2.24) is 4.90 Å². The van der Waals surface area contributed by atoms with Crippen molar-refractivity contribution in [2.45, 2.75) is 44.6 Å². The molecule has 2 fully saturated rings. The van der Waals surface area contributed by atoms with Crippen LogP contribution in [0.15, 0.2) is 60.7 Å². The van der Waals surface area contributed by atoms with Gasteiger partial charge in [0, 0.05) is 19.1 Å². The van der Waals surface area contributed by atoms with E-state index in [0.717, 1.165) is 12.5 Å². The Kier molecular flexibility index (Phi) is 7.08. The minimum absolute atomic E-state index is 0.454. The second-order valence-corrected chi connectivity index (χ2v) is 7.54. The molecule has 1 unspecified atom stereocenters. The first-order chi connectivity index (χ1) is 12.3. The van der Waals surface area contributed by atoms with Crippen molar-refractivity contribution in [2.75, 3.05) is 19.6 Å². The van der Waals surface area contributed by atoms with Crippen LogP contribution in [-0.2, 0) is 0 Å². The Bertz CT molecular complexity index is 553. The van der Waals surface area contributed by atoms with Gasteiger partial charge in [-0.05, 0) is 49.3 Å². The molecule has 0 bridgehead atoms. The van der Waals surface area contributed by atoms with Crippen LogP contribution < -0.4 is 5.73 Å². The van der Waals surface area contributed by atoms with Crippen LogP contribution in [0.4, 0.5) is 0 Å². The fourth-order valence-corrected chi connectivity index (χ4v) is 4.08. The maximum absolute atomic E-state index is 5.96. The summed E-state index contributed by atoms with van der Waals surface area (Å²) in [5, 5.41) is 0. The normalized spacial score (nSPS) is 21.6. The largest absolute Gasteiger partial charge is 0.327 e. The molecule has 1 aliphatic heterocycles. The van der Waals surface area contributed by atoms with Crippen molar-refractivity contribution in [3.63, 3.8) is 0 Å². The molecule has 25 heavy (non-hydrogen) atoms. The summed E-state index contributed by atoms with van der Waals surface area (Å²) in [5.74, 6) is 0.991. The molecule has 2 aliphatic rings. The van der Waals surface area contributed by atoms with Crippen LogP contribution in [0.1, 0.15) is 38.5 Å². The van der Waals surface area contributed by atoms with Gasteiger partial charge < -0.3 is 10.6 Å². The average molecular weight is 337 g/mol. The monoisotopic (exact) mass is 336 g/mol. The highest BCUT2D eigenvalue weighted by atomic mass is 15.1. The molecule has 1 heterocycles.